The Morgan fingerprint density at radius 1 is 0.960 bits per heavy atom. The predicted octanol–water partition coefficient (Wildman–Crippen LogP) is 2.71. The molecule has 9 heteroatoms. The molecular weight excluding hydrogens is 370 g/mol. The predicted molar refractivity (Wildman–Crippen MR) is 91.4 cm³/mol. The summed E-state index contributed by atoms with van der Waals surface area (Å²) in [6, 6.07) is 9.36. The van der Waals surface area contributed by atoms with E-state index in [9.17, 15) is 18.0 Å². The SMILES string of the molecule is COC(=O)c1ccc(NS(=O)(=O)c2ccc(Cl)c(C(=O)OC)c2)cc1. The highest BCUT2D eigenvalue weighted by Crippen LogP contribution is 2.23. The van der Waals surface area contributed by atoms with Crippen molar-refractivity contribution in [2.75, 3.05) is 18.9 Å². The number of anilines is 1. The number of benzene rings is 2. The van der Waals surface area contributed by atoms with Gasteiger partial charge in [-0.25, -0.2) is 18.0 Å². The van der Waals surface area contributed by atoms with Gasteiger partial charge < -0.3 is 9.47 Å². The summed E-state index contributed by atoms with van der Waals surface area (Å²) in [5, 5.41) is 0.0771. The minimum Gasteiger partial charge on any atom is -0.465 e. The summed E-state index contributed by atoms with van der Waals surface area (Å²) >= 11 is 5.88. The number of methoxy groups -OCH3 is 2. The Balaban J connectivity index is 2.30. The first-order valence-corrected chi connectivity index (χ1v) is 8.73. The molecule has 7 nitrogen and oxygen atoms in total. The van der Waals surface area contributed by atoms with Crippen molar-refractivity contribution in [3.63, 3.8) is 0 Å². The molecule has 2 rings (SSSR count). The quantitative estimate of drug-likeness (QED) is 0.797. The van der Waals surface area contributed by atoms with Crippen LogP contribution in [-0.4, -0.2) is 34.6 Å². The second-order valence-corrected chi connectivity index (χ2v) is 6.90. The van der Waals surface area contributed by atoms with E-state index < -0.39 is 22.0 Å². The maximum atomic E-state index is 12.5. The molecule has 0 atom stereocenters. The normalized spacial score (nSPS) is 10.8. The van der Waals surface area contributed by atoms with Gasteiger partial charge >= 0.3 is 11.9 Å². The molecule has 0 aliphatic rings. The van der Waals surface area contributed by atoms with Crippen LogP contribution in [0.25, 0.3) is 0 Å². The average Bonchev–Trinajstić information content (AvgIpc) is 2.61. The van der Waals surface area contributed by atoms with E-state index >= 15 is 0 Å². The van der Waals surface area contributed by atoms with E-state index in [4.69, 9.17) is 11.6 Å². The Morgan fingerprint density at radius 2 is 1.56 bits per heavy atom. The van der Waals surface area contributed by atoms with Crippen LogP contribution < -0.4 is 4.72 Å². The molecule has 0 amide bonds. The van der Waals surface area contributed by atoms with E-state index in [0.717, 1.165) is 6.07 Å². The van der Waals surface area contributed by atoms with Crippen LogP contribution in [0.1, 0.15) is 20.7 Å². The summed E-state index contributed by atoms with van der Waals surface area (Å²) in [5.74, 6) is -1.28. The lowest BCUT2D eigenvalue weighted by molar-refractivity contribution is 0.0592. The average molecular weight is 384 g/mol. The Labute approximate surface area is 149 Å². The summed E-state index contributed by atoms with van der Waals surface area (Å²) in [4.78, 5) is 22.9. The van der Waals surface area contributed by atoms with Gasteiger partial charge in [0.15, 0.2) is 0 Å². The molecule has 0 aliphatic heterocycles. The van der Waals surface area contributed by atoms with E-state index in [1.807, 2.05) is 0 Å². The number of halogens is 1. The molecule has 25 heavy (non-hydrogen) atoms. The molecule has 0 bridgehead atoms. The standard InChI is InChI=1S/C16H14ClNO6S/c1-23-15(19)10-3-5-11(6-4-10)18-25(21,22)12-7-8-14(17)13(9-12)16(20)24-2/h3-9,18H,1-2H3. The van der Waals surface area contributed by atoms with Gasteiger partial charge in [-0.3, -0.25) is 4.72 Å². The first-order chi connectivity index (χ1) is 11.8. The number of rotatable bonds is 5. The molecule has 0 heterocycles. The number of hydrogen-bond donors (Lipinski definition) is 1. The van der Waals surface area contributed by atoms with Gasteiger partial charge in [-0.1, -0.05) is 11.6 Å². The molecular formula is C16H14ClNO6S. The van der Waals surface area contributed by atoms with Gasteiger partial charge in [0.25, 0.3) is 10.0 Å². The number of esters is 2. The Hall–Kier alpha value is -2.58. The molecule has 0 spiro atoms. The van der Waals surface area contributed by atoms with Gasteiger partial charge in [-0.2, -0.15) is 0 Å². The van der Waals surface area contributed by atoms with Crippen LogP contribution in [0.5, 0.6) is 0 Å². The maximum Gasteiger partial charge on any atom is 0.339 e. The van der Waals surface area contributed by atoms with Crippen molar-refractivity contribution in [2.24, 2.45) is 0 Å². The Morgan fingerprint density at radius 3 is 2.12 bits per heavy atom. The molecule has 1 N–H and O–H groups in total. The number of nitrogens with one attached hydrogen (secondary N) is 1. The highest BCUT2D eigenvalue weighted by Gasteiger charge is 2.19. The van der Waals surface area contributed by atoms with Crippen LogP contribution in [0.15, 0.2) is 47.4 Å². The van der Waals surface area contributed by atoms with Crippen LogP contribution in [0, 0.1) is 0 Å². The Bertz CT molecular complexity index is 909. The van der Waals surface area contributed by atoms with Crippen molar-refractivity contribution in [3.8, 4) is 0 Å². The van der Waals surface area contributed by atoms with Gasteiger partial charge in [0.2, 0.25) is 0 Å². The minimum absolute atomic E-state index is 0.0620. The summed E-state index contributed by atoms with van der Waals surface area (Å²) in [7, 11) is -1.55. The van der Waals surface area contributed by atoms with Crippen molar-refractivity contribution >= 4 is 39.3 Å². The maximum absolute atomic E-state index is 12.5. The zero-order chi connectivity index (χ0) is 18.6. The lowest BCUT2D eigenvalue weighted by atomic mass is 10.2. The molecule has 2 aromatic rings. The van der Waals surface area contributed by atoms with Crippen LogP contribution >= 0.6 is 11.6 Å². The molecule has 132 valence electrons. The van der Waals surface area contributed by atoms with Gasteiger partial charge in [-0.15, -0.1) is 0 Å². The van der Waals surface area contributed by atoms with Gasteiger partial charge in [0.05, 0.1) is 35.3 Å². The molecule has 0 aliphatic carbocycles. The lowest BCUT2D eigenvalue weighted by Gasteiger charge is -2.10. The van der Waals surface area contributed by atoms with Crippen molar-refractivity contribution in [3.05, 3.63) is 58.6 Å². The number of carbonyl (C=O) groups excluding carboxylic acids is 2. The second kappa shape index (κ2) is 7.54. The van der Waals surface area contributed by atoms with Crippen molar-refractivity contribution < 1.29 is 27.5 Å². The topological polar surface area (TPSA) is 98.8 Å². The third kappa shape index (κ3) is 4.28. The molecule has 0 radical (unpaired) electrons. The van der Waals surface area contributed by atoms with Crippen LogP contribution in [-0.2, 0) is 19.5 Å². The van der Waals surface area contributed by atoms with Gasteiger partial charge in [-0.05, 0) is 42.5 Å². The smallest absolute Gasteiger partial charge is 0.339 e. The van der Waals surface area contributed by atoms with Crippen molar-refractivity contribution in [1.29, 1.82) is 0 Å². The monoisotopic (exact) mass is 383 g/mol. The molecule has 2 aromatic carbocycles. The summed E-state index contributed by atoms with van der Waals surface area (Å²) in [6.07, 6.45) is 0. The summed E-state index contributed by atoms with van der Waals surface area (Å²) in [5.41, 5.74) is 0.459. The van der Waals surface area contributed by atoms with Gasteiger partial charge in [0, 0.05) is 5.69 Å². The fourth-order valence-electron chi connectivity index (χ4n) is 1.94. The van der Waals surface area contributed by atoms with E-state index in [1.54, 1.807) is 0 Å². The molecule has 0 unspecified atom stereocenters. The fourth-order valence-corrected chi connectivity index (χ4v) is 3.22. The number of hydrogen-bond acceptors (Lipinski definition) is 6. The van der Waals surface area contributed by atoms with Gasteiger partial charge in [0.1, 0.15) is 0 Å². The number of carbonyl (C=O) groups is 2. The Kier molecular flexibility index (Phi) is 5.66. The fraction of sp³-hybridized carbons (Fsp3) is 0.125. The second-order valence-electron chi connectivity index (χ2n) is 4.81. The van der Waals surface area contributed by atoms with Crippen LogP contribution in [0.2, 0.25) is 5.02 Å². The molecule has 0 fully saturated rings. The summed E-state index contributed by atoms with van der Waals surface area (Å²) in [6.45, 7) is 0. The summed E-state index contributed by atoms with van der Waals surface area (Å²) < 4.78 is 36.4. The number of sulfonamides is 1. The zero-order valence-electron chi connectivity index (χ0n) is 13.3. The van der Waals surface area contributed by atoms with Crippen LogP contribution in [0.3, 0.4) is 0 Å². The van der Waals surface area contributed by atoms with Crippen molar-refractivity contribution in [2.45, 2.75) is 4.90 Å². The minimum atomic E-state index is -3.97. The first kappa shape index (κ1) is 18.8. The lowest BCUT2D eigenvalue weighted by Crippen LogP contribution is -2.14. The number of ether oxygens (including phenoxy) is 2. The van der Waals surface area contributed by atoms with Crippen molar-refractivity contribution in [1.82, 2.24) is 0 Å². The van der Waals surface area contributed by atoms with Crippen LogP contribution in [0.4, 0.5) is 5.69 Å². The zero-order valence-corrected chi connectivity index (χ0v) is 14.8. The third-order valence-electron chi connectivity index (χ3n) is 3.21. The molecule has 0 saturated carbocycles. The highest BCUT2D eigenvalue weighted by molar-refractivity contribution is 7.92. The molecule has 0 aromatic heterocycles. The van der Waals surface area contributed by atoms with E-state index in [-0.39, 0.29) is 26.7 Å². The first-order valence-electron chi connectivity index (χ1n) is 6.87. The van der Waals surface area contributed by atoms with E-state index in [0.29, 0.717) is 0 Å². The van der Waals surface area contributed by atoms with E-state index in [1.165, 1.54) is 50.6 Å². The third-order valence-corrected chi connectivity index (χ3v) is 4.92. The largest absolute Gasteiger partial charge is 0.465 e. The van der Waals surface area contributed by atoms with E-state index in [2.05, 4.69) is 14.2 Å². The molecule has 0 saturated heterocycles. The highest BCUT2D eigenvalue weighted by atomic mass is 35.5.